The van der Waals surface area contributed by atoms with Gasteiger partial charge in [0.05, 0.1) is 13.0 Å². The minimum absolute atomic E-state index is 0.122. The molecule has 9 nitrogen and oxygen atoms in total. The Labute approximate surface area is 166 Å². The summed E-state index contributed by atoms with van der Waals surface area (Å²) in [5.74, 6) is -0.143. The van der Waals surface area contributed by atoms with Crippen molar-refractivity contribution in [3.8, 4) is 0 Å². The quantitative estimate of drug-likeness (QED) is 0.581. The van der Waals surface area contributed by atoms with Gasteiger partial charge >= 0.3 is 6.03 Å². The molecular formula is C20H20N6O3. The van der Waals surface area contributed by atoms with E-state index in [9.17, 15) is 14.4 Å². The van der Waals surface area contributed by atoms with E-state index in [-0.39, 0.29) is 31.3 Å². The molecule has 3 aromatic rings. The molecule has 1 fully saturated rings. The number of imide groups is 1. The highest BCUT2D eigenvalue weighted by atomic mass is 16.2. The van der Waals surface area contributed by atoms with Gasteiger partial charge in [0.25, 0.3) is 5.91 Å². The van der Waals surface area contributed by atoms with Crippen molar-refractivity contribution in [2.24, 2.45) is 0 Å². The fourth-order valence-corrected chi connectivity index (χ4v) is 3.26. The number of benzene rings is 1. The molecule has 4 amide bonds. The molecule has 0 aliphatic carbocycles. The van der Waals surface area contributed by atoms with Crippen LogP contribution in [0.15, 0.2) is 54.7 Å². The number of nitrogens with zero attached hydrogens (tertiary/aromatic N) is 4. The van der Waals surface area contributed by atoms with E-state index in [0.717, 1.165) is 10.5 Å². The monoisotopic (exact) mass is 392 g/mol. The zero-order valence-electron chi connectivity index (χ0n) is 15.6. The third kappa shape index (κ3) is 4.08. The topological polar surface area (TPSA) is 109 Å². The second-order valence-corrected chi connectivity index (χ2v) is 6.75. The molecule has 0 radical (unpaired) electrons. The second kappa shape index (κ2) is 8.09. The molecule has 4 rings (SSSR count). The van der Waals surface area contributed by atoms with Crippen LogP contribution < -0.4 is 10.6 Å². The van der Waals surface area contributed by atoms with Gasteiger partial charge in [-0.25, -0.2) is 4.79 Å². The first-order valence-corrected chi connectivity index (χ1v) is 9.33. The van der Waals surface area contributed by atoms with Gasteiger partial charge in [0.2, 0.25) is 5.91 Å². The van der Waals surface area contributed by atoms with Crippen molar-refractivity contribution >= 4 is 23.5 Å². The first-order chi connectivity index (χ1) is 14.1. The van der Waals surface area contributed by atoms with Crippen molar-refractivity contribution in [3.63, 3.8) is 0 Å². The smallest absolute Gasteiger partial charge is 0.324 e. The number of carbonyl (C=O) groups is 3. The highest BCUT2D eigenvalue weighted by Crippen LogP contribution is 2.11. The number of hydrogen-bond acceptors (Lipinski definition) is 5. The summed E-state index contributed by atoms with van der Waals surface area (Å²) in [6.07, 6.45) is 2.25. The van der Waals surface area contributed by atoms with Gasteiger partial charge in [-0.15, -0.1) is 10.2 Å². The average Bonchev–Trinajstić information content (AvgIpc) is 3.26. The fraction of sp³-hybridized carbons (Fsp3) is 0.250. The molecule has 1 aliphatic rings. The zero-order valence-corrected chi connectivity index (χ0v) is 15.6. The number of amides is 4. The molecule has 2 aromatic heterocycles. The minimum atomic E-state index is -0.853. The molecule has 1 atom stereocenters. The van der Waals surface area contributed by atoms with Crippen LogP contribution in [0.1, 0.15) is 17.8 Å². The number of rotatable bonds is 7. The number of urea groups is 1. The Morgan fingerprint density at radius 1 is 1.07 bits per heavy atom. The lowest BCUT2D eigenvalue weighted by Gasteiger charge is -2.13. The fourth-order valence-electron chi connectivity index (χ4n) is 3.26. The van der Waals surface area contributed by atoms with Crippen molar-refractivity contribution in [2.75, 3.05) is 6.54 Å². The van der Waals surface area contributed by atoms with Crippen molar-refractivity contribution in [2.45, 2.75) is 25.4 Å². The highest BCUT2D eigenvalue weighted by Gasteiger charge is 2.38. The highest BCUT2D eigenvalue weighted by molar-refractivity contribution is 6.05. The Morgan fingerprint density at radius 3 is 2.69 bits per heavy atom. The van der Waals surface area contributed by atoms with E-state index < -0.39 is 12.1 Å². The van der Waals surface area contributed by atoms with Gasteiger partial charge in [0.1, 0.15) is 6.04 Å². The molecule has 0 spiro atoms. The van der Waals surface area contributed by atoms with Crippen LogP contribution in [0, 0.1) is 0 Å². The summed E-state index contributed by atoms with van der Waals surface area (Å²) in [7, 11) is 0. The lowest BCUT2D eigenvalue weighted by Crippen LogP contribution is -2.36. The molecule has 148 valence electrons. The summed E-state index contributed by atoms with van der Waals surface area (Å²) in [5, 5.41) is 13.4. The maximum Gasteiger partial charge on any atom is 0.324 e. The van der Waals surface area contributed by atoms with Crippen LogP contribution in [0.25, 0.3) is 5.65 Å². The van der Waals surface area contributed by atoms with Crippen LogP contribution in [0.2, 0.25) is 0 Å². The largest absolute Gasteiger partial charge is 0.349 e. The molecular weight excluding hydrogens is 372 g/mol. The lowest BCUT2D eigenvalue weighted by atomic mass is 10.1. The molecule has 0 saturated carbocycles. The molecule has 2 N–H and O–H groups in total. The number of nitrogens with one attached hydrogen (secondary N) is 2. The van der Waals surface area contributed by atoms with E-state index in [0.29, 0.717) is 17.9 Å². The van der Waals surface area contributed by atoms with Crippen LogP contribution in [-0.4, -0.2) is 49.9 Å². The van der Waals surface area contributed by atoms with Gasteiger partial charge in [-0.05, 0) is 24.1 Å². The number of hydrogen-bond donors (Lipinski definition) is 2. The van der Waals surface area contributed by atoms with E-state index in [1.54, 1.807) is 4.40 Å². The summed E-state index contributed by atoms with van der Waals surface area (Å²) in [6.45, 7) is 0.453. The summed E-state index contributed by atoms with van der Waals surface area (Å²) in [4.78, 5) is 38.1. The normalized spacial score (nSPS) is 16.3. The Bertz CT molecular complexity index is 1050. The molecule has 29 heavy (non-hydrogen) atoms. The van der Waals surface area contributed by atoms with E-state index in [4.69, 9.17) is 0 Å². The number of carbonyl (C=O) groups excluding carboxylic acids is 3. The zero-order chi connectivity index (χ0) is 20.2. The predicted molar refractivity (Wildman–Crippen MR) is 104 cm³/mol. The second-order valence-electron chi connectivity index (χ2n) is 6.75. The van der Waals surface area contributed by atoms with Crippen molar-refractivity contribution in [3.05, 3.63) is 66.1 Å². The SMILES string of the molecule is O=C(C[C@H]1NC(=O)N(CCc2ccccc2)C1=O)NCc1nnc2ccccn12. The predicted octanol–water partition coefficient (Wildman–Crippen LogP) is 0.899. The molecule has 1 aromatic carbocycles. The summed E-state index contributed by atoms with van der Waals surface area (Å²) in [5.41, 5.74) is 1.72. The van der Waals surface area contributed by atoms with E-state index in [2.05, 4.69) is 20.8 Å². The lowest BCUT2D eigenvalue weighted by molar-refractivity contribution is -0.130. The van der Waals surface area contributed by atoms with Crippen LogP contribution in [-0.2, 0) is 22.6 Å². The maximum atomic E-state index is 12.5. The van der Waals surface area contributed by atoms with Crippen molar-refractivity contribution in [1.82, 2.24) is 30.1 Å². The molecule has 1 aliphatic heterocycles. The van der Waals surface area contributed by atoms with E-state index in [1.165, 1.54) is 0 Å². The minimum Gasteiger partial charge on any atom is -0.349 e. The van der Waals surface area contributed by atoms with Crippen molar-refractivity contribution in [1.29, 1.82) is 0 Å². The van der Waals surface area contributed by atoms with Gasteiger partial charge in [0.15, 0.2) is 11.5 Å². The molecule has 0 unspecified atom stereocenters. The Balaban J connectivity index is 1.30. The van der Waals surface area contributed by atoms with Gasteiger partial charge in [-0.1, -0.05) is 36.4 Å². The standard InChI is InChI=1S/C20H20N6O3/c27-18(21-13-17-24-23-16-8-4-5-10-25(16)17)12-15-19(28)26(20(29)22-15)11-9-14-6-2-1-3-7-14/h1-8,10,15H,9,11-13H2,(H,21,27)(H,22,29)/t15-/m1/s1. The molecule has 9 heteroatoms. The third-order valence-corrected chi connectivity index (χ3v) is 4.79. The average molecular weight is 392 g/mol. The number of pyridine rings is 1. The summed E-state index contributed by atoms with van der Waals surface area (Å²) in [6, 6.07) is 13.8. The first kappa shape index (κ1) is 18.6. The molecule has 3 heterocycles. The van der Waals surface area contributed by atoms with Crippen LogP contribution in [0.3, 0.4) is 0 Å². The third-order valence-electron chi connectivity index (χ3n) is 4.79. The van der Waals surface area contributed by atoms with Gasteiger partial charge in [0, 0.05) is 12.7 Å². The molecule has 0 bridgehead atoms. The molecule has 1 saturated heterocycles. The Hall–Kier alpha value is -3.75. The van der Waals surface area contributed by atoms with E-state index in [1.807, 2.05) is 54.7 Å². The van der Waals surface area contributed by atoms with Gasteiger partial charge < -0.3 is 10.6 Å². The van der Waals surface area contributed by atoms with Crippen molar-refractivity contribution < 1.29 is 14.4 Å². The van der Waals surface area contributed by atoms with E-state index >= 15 is 0 Å². The van der Waals surface area contributed by atoms with Gasteiger partial charge in [-0.2, -0.15) is 0 Å². The van der Waals surface area contributed by atoms with Gasteiger partial charge in [-0.3, -0.25) is 18.9 Å². The Morgan fingerprint density at radius 2 is 1.86 bits per heavy atom. The Kier molecular flexibility index (Phi) is 5.19. The van der Waals surface area contributed by atoms with Crippen LogP contribution in [0.4, 0.5) is 4.79 Å². The first-order valence-electron chi connectivity index (χ1n) is 9.33. The van der Waals surface area contributed by atoms with Crippen LogP contribution in [0.5, 0.6) is 0 Å². The number of aromatic nitrogens is 3. The maximum absolute atomic E-state index is 12.5. The number of fused-ring (bicyclic) bond motifs is 1. The summed E-state index contributed by atoms with van der Waals surface area (Å²) < 4.78 is 1.77. The summed E-state index contributed by atoms with van der Waals surface area (Å²) >= 11 is 0. The van der Waals surface area contributed by atoms with Crippen LogP contribution >= 0.6 is 0 Å².